The number of carbonyl (C=O) groups excluding carboxylic acids is 1. The minimum atomic E-state index is -0.0709. The summed E-state index contributed by atoms with van der Waals surface area (Å²) in [6.45, 7) is 0. The van der Waals surface area contributed by atoms with Crippen LogP contribution in [-0.4, -0.2) is 27.9 Å². The average molecular weight is 327 g/mol. The molecule has 24 heavy (non-hydrogen) atoms. The molecule has 1 amide bonds. The van der Waals surface area contributed by atoms with E-state index in [-0.39, 0.29) is 17.6 Å². The summed E-state index contributed by atoms with van der Waals surface area (Å²) in [6.07, 6.45) is 6.90. The van der Waals surface area contributed by atoms with Crippen molar-refractivity contribution < 1.29 is 14.6 Å². The first-order chi connectivity index (χ1) is 11.7. The molecule has 4 rings (SSSR count). The van der Waals surface area contributed by atoms with Crippen LogP contribution in [0.1, 0.15) is 55.2 Å². The SMILES string of the molecule is COc1cc([C@@H]2CC(=O)Nc3c2cnn3C2CCCC2)ccc1O. The zero-order valence-corrected chi connectivity index (χ0v) is 13.7. The summed E-state index contributed by atoms with van der Waals surface area (Å²) in [5.41, 5.74) is 1.99. The van der Waals surface area contributed by atoms with Crippen molar-refractivity contribution in [2.24, 2.45) is 0 Å². The lowest BCUT2D eigenvalue weighted by Gasteiger charge is -2.25. The second kappa shape index (κ2) is 5.85. The summed E-state index contributed by atoms with van der Waals surface area (Å²) >= 11 is 0. The smallest absolute Gasteiger partial charge is 0.226 e. The number of phenols is 1. The largest absolute Gasteiger partial charge is 0.504 e. The first kappa shape index (κ1) is 15.1. The quantitative estimate of drug-likeness (QED) is 0.908. The molecule has 2 heterocycles. The van der Waals surface area contributed by atoms with Crippen LogP contribution in [0.25, 0.3) is 0 Å². The van der Waals surface area contributed by atoms with Gasteiger partial charge in [0.15, 0.2) is 11.5 Å². The normalized spacial score (nSPS) is 20.7. The van der Waals surface area contributed by atoms with E-state index in [1.165, 1.54) is 20.0 Å². The third-order valence-electron chi connectivity index (χ3n) is 5.12. The van der Waals surface area contributed by atoms with Crippen molar-refractivity contribution in [3.8, 4) is 11.5 Å². The molecular formula is C18H21N3O3. The van der Waals surface area contributed by atoms with Gasteiger partial charge in [-0.15, -0.1) is 0 Å². The number of aromatic nitrogens is 2. The number of aromatic hydroxyl groups is 1. The Labute approximate surface area is 140 Å². The number of rotatable bonds is 3. The molecule has 1 aliphatic carbocycles. The summed E-state index contributed by atoms with van der Waals surface area (Å²) in [4.78, 5) is 12.3. The van der Waals surface area contributed by atoms with E-state index in [9.17, 15) is 9.90 Å². The molecule has 0 unspecified atom stereocenters. The van der Waals surface area contributed by atoms with E-state index in [1.807, 2.05) is 16.9 Å². The van der Waals surface area contributed by atoms with Gasteiger partial charge < -0.3 is 15.2 Å². The number of methoxy groups -OCH3 is 1. The van der Waals surface area contributed by atoms with E-state index >= 15 is 0 Å². The van der Waals surface area contributed by atoms with Gasteiger partial charge in [-0.2, -0.15) is 5.10 Å². The molecule has 1 aliphatic heterocycles. The minimum Gasteiger partial charge on any atom is -0.504 e. The van der Waals surface area contributed by atoms with E-state index in [4.69, 9.17) is 4.74 Å². The fourth-order valence-electron chi connectivity index (χ4n) is 3.87. The van der Waals surface area contributed by atoms with Crippen molar-refractivity contribution in [1.82, 2.24) is 9.78 Å². The van der Waals surface area contributed by atoms with Gasteiger partial charge in [0, 0.05) is 17.9 Å². The van der Waals surface area contributed by atoms with Crippen LogP contribution in [0.3, 0.4) is 0 Å². The van der Waals surface area contributed by atoms with Crippen LogP contribution in [-0.2, 0) is 4.79 Å². The van der Waals surface area contributed by atoms with Gasteiger partial charge in [0.05, 0.1) is 19.3 Å². The van der Waals surface area contributed by atoms with Gasteiger partial charge in [-0.25, -0.2) is 4.68 Å². The number of hydrogen-bond donors (Lipinski definition) is 2. The van der Waals surface area contributed by atoms with Gasteiger partial charge in [0.2, 0.25) is 5.91 Å². The van der Waals surface area contributed by atoms with Crippen molar-refractivity contribution in [1.29, 1.82) is 0 Å². The highest BCUT2D eigenvalue weighted by atomic mass is 16.5. The number of nitrogens with one attached hydrogen (secondary N) is 1. The number of amides is 1. The number of anilines is 1. The number of nitrogens with zero attached hydrogens (tertiary/aromatic N) is 2. The van der Waals surface area contributed by atoms with Crippen molar-refractivity contribution in [3.63, 3.8) is 0 Å². The molecule has 0 saturated heterocycles. The maximum atomic E-state index is 12.3. The van der Waals surface area contributed by atoms with Gasteiger partial charge in [-0.1, -0.05) is 18.9 Å². The summed E-state index contributed by atoms with van der Waals surface area (Å²) in [6, 6.07) is 5.64. The summed E-state index contributed by atoms with van der Waals surface area (Å²) in [7, 11) is 1.52. The summed E-state index contributed by atoms with van der Waals surface area (Å²) in [5.74, 6) is 1.28. The van der Waals surface area contributed by atoms with Crippen LogP contribution in [0.2, 0.25) is 0 Å². The van der Waals surface area contributed by atoms with Crippen LogP contribution >= 0.6 is 0 Å². The lowest BCUT2D eigenvalue weighted by Crippen LogP contribution is -2.25. The Balaban J connectivity index is 1.75. The van der Waals surface area contributed by atoms with Gasteiger partial charge in [0.25, 0.3) is 0 Å². The molecular weight excluding hydrogens is 306 g/mol. The second-order valence-corrected chi connectivity index (χ2v) is 6.57. The fraction of sp³-hybridized carbons (Fsp3) is 0.444. The van der Waals surface area contributed by atoms with Crippen molar-refractivity contribution in [3.05, 3.63) is 35.5 Å². The predicted octanol–water partition coefficient (Wildman–Crippen LogP) is 3.19. The predicted molar refractivity (Wildman–Crippen MR) is 89.5 cm³/mol. The van der Waals surface area contributed by atoms with Crippen LogP contribution in [0.15, 0.2) is 24.4 Å². The van der Waals surface area contributed by atoms with E-state index in [2.05, 4.69) is 10.4 Å². The second-order valence-electron chi connectivity index (χ2n) is 6.57. The highest BCUT2D eigenvalue weighted by Crippen LogP contribution is 2.42. The van der Waals surface area contributed by atoms with Gasteiger partial charge >= 0.3 is 0 Å². The first-order valence-corrected chi connectivity index (χ1v) is 8.41. The minimum absolute atomic E-state index is 0.000659. The molecule has 2 aliphatic rings. The van der Waals surface area contributed by atoms with Crippen LogP contribution in [0, 0.1) is 0 Å². The average Bonchev–Trinajstić information content (AvgIpc) is 3.23. The number of fused-ring (bicyclic) bond motifs is 1. The standard InChI is InChI=1S/C18H21N3O3/c1-24-16-8-11(6-7-15(16)22)13-9-17(23)20-18-14(13)10-19-21(18)12-4-2-3-5-12/h6-8,10,12-13,22H,2-5,9H2,1H3,(H,20,23)/t13-/m0/s1. The molecule has 1 aromatic heterocycles. The zero-order chi connectivity index (χ0) is 16.7. The van der Waals surface area contributed by atoms with Gasteiger partial charge in [-0.3, -0.25) is 4.79 Å². The third-order valence-corrected chi connectivity index (χ3v) is 5.12. The topological polar surface area (TPSA) is 76.4 Å². The Bertz CT molecular complexity index is 778. The maximum Gasteiger partial charge on any atom is 0.226 e. The Kier molecular flexibility index (Phi) is 3.67. The molecule has 1 saturated carbocycles. The highest BCUT2D eigenvalue weighted by molar-refractivity contribution is 5.94. The highest BCUT2D eigenvalue weighted by Gasteiger charge is 2.32. The fourth-order valence-corrected chi connectivity index (χ4v) is 3.87. The molecule has 1 aromatic carbocycles. The van der Waals surface area contributed by atoms with Crippen LogP contribution in [0.5, 0.6) is 11.5 Å². The molecule has 0 spiro atoms. The number of carbonyl (C=O) groups is 1. The van der Waals surface area contributed by atoms with E-state index in [1.54, 1.807) is 12.1 Å². The third kappa shape index (κ3) is 2.42. The Hall–Kier alpha value is -2.50. The Morgan fingerprint density at radius 2 is 2.12 bits per heavy atom. The van der Waals surface area contributed by atoms with E-state index in [0.717, 1.165) is 29.8 Å². The van der Waals surface area contributed by atoms with E-state index < -0.39 is 0 Å². The molecule has 1 atom stereocenters. The lowest BCUT2D eigenvalue weighted by atomic mass is 9.87. The van der Waals surface area contributed by atoms with Crippen LogP contribution in [0.4, 0.5) is 5.82 Å². The monoisotopic (exact) mass is 327 g/mol. The molecule has 6 nitrogen and oxygen atoms in total. The van der Waals surface area contributed by atoms with Gasteiger partial charge in [0.1, 0.15) is 5.82 Å². The first-order valence-electron chi connectivity index (χ1n) is 8.41. The van der Waals surface area contributed by atoms with Crippen molar-refractivity contribution >= 4 is 11.7 Å². The molecule has 1 fully saturated rings. The Morgan fingerprint density at radius 3 is 2.88 bits per heavy atom. The maximum absolute atomic E-state index is 12.3. The molecule has 6 heteroatoms. The molecule has 0 bridgehead atoms. The lowest BCUT2D eigenvalue weighted by molar-refractivity contribution is -0.116. The molecule has 2 aromatic rings. The van der Waals surface area contributed by atoms with Crippen LogP contribution < -0.4 is 10.1 Å². The van der Waals surface area contributed by atoms with Gasteiger partial charge in [-0.05, 0) is 30.5 Å². The number of ether oxygens (including phenoxy) is 1. The zero-order valence-electron chi connectivity index (χ0n) is 13.7. The summed E-state index contributed by atoms with van der Waals surface area (Å²) < 4.78 is 7.20. The summed E-state index contributed by atoms with van der Waals surface area (Å²) in [5, 5.41) is 17.4. The van der Waals surface area contributed by atoms with Crippen molar-refractivity contribution in [2.45, 2.75) is 44.1 Å². The molecule has 0 radical (unpaired) electrons. The molecule has 2 N–H and O–H groups in total. The molecule has 126 valence electrons. The number of hydrogen-bond acceptors (Lipinski definition) is 4. The number of phenolic OH excluding ortho intramolecular Hbond substituents is 1. The Morgan fingerprint density at radius 1 is 1.33 bits per heavy atom. The van der Waals surface area contributed by atoms with E-state index in [0.29, 0.717) is 18.2 Å². The number of benzene rings is 1. The van der Waals surface area contributed by atoms with Crippen molar-refractivity contribution in [2.75, 3.05) is 12.4 Å².